The van der Waals surface area contributed by atoms with Crippen molar-refractivity contribution >= 4 is 17.5 Å². The molecule has 0 aliphatic carbocycles. The monoisotopic (exact) mass is 369 g/mol. The van der Waals surface area contributed by atoms with E-state index in [1.165, 1.54) is 32.1 Å². The van der Waals surface area contributed by atoms with Crippen molar-refractivity contribution in [2.45, 2.75) is 6.54 Å². The van der Waals surface area contributed by atoms with Crippen LogP contribution in [-0.2, 0) is 6.54 Å². The minimum Gasteiger partial charge on any atom is -0.493 e. The number of methoxy groups -OCH3 is 3. The van der Waals surface area contributed by atoms with Gasteiger partial charge in [-0.2, -0.15) is 15.6 Å². The maximum atomic E-state index is 9.59. The highest BCUT2D eigenvalue weighted by molar-refractivity contribution is 5.91. The minimum atomic E-state index is -0.200. The summed E-state index contributed by atoms with van der Waals surface area (Å²) in [7, 11) is 4.47. The molecule has 1 aromatic heterocycles. The van der Waals surface area contributed by atoms with E-state index in [1.54, 1.807) is 12.1 Å². The standard InChI is InChI=1S/C18H19N5O4/c1-25-14-7-11(8-15(26-2)17(14)27-3)6-12(9-19)16-13(10-20)18(21)23(22-16)4-5-24/h6-8,24H,4-5,21H2,1-3H3/b12-6+. The first-order valence-corrected chi connectivity index (χ1v) is 7.83. The molecule has 0 spiro atoms. The number of nitrogens with two attached hydrogens (primary N) is 1. The summed E-state index contributed by atoms with van der Waals surface area (Å²) in [6.45, 7) is -0.0852. The van der Waals surface area contributed by atoms with Crippen LogP contribution in [0.25, 0.3) is 11.6 Å². The van der Waals surface area contributed by atoms with Crippen LogP contribution in [0.15, 0.2) is 12.1 Å². The van der Waals surface area contributed by atoms with Crippen LogP contribution in [0.4, 0.5) is 5.82 Å². The maximum Gasteiger partial charge on any atom is 0.203 e. The molecule has 9 nitrogen and oxygen atoms in total. The molecule has 140 valence electrons. The third-order valence-electron chi connectivity index (χ3n) is 3.79. The van der Waals surface area contributed by atoms with Gasteiger partial charge in [0.15, 0.2) is 11.5 Å². The van der Waals surface area contributed by atoms with Crippen molar-refractivity contribution in [2.75, 3.05) is 33.7 Å². The van der Waals surface area contributed by atoms with Gasteiger partial charge in [0.25, 0.3) is 0 Å². The van der Waals surface area contributed by atoms with Gasteiger partial charge >= 0.3 is 0 Å². The molecule has 27 heavy (non-hydrogen) atoms. The summed E-state index contributed by atoms with van der Waals surface area (Å²) in [6, 6.07) is 7.32. The smallest absolute Gasteiger partial charge is 0.203 e. The van der Waals surface area contributed by atoms with Crippen LogP contribution in [0.1, 0.15) is 16.8 Å². The second-order valence-electron chi connectivity index (χ2n) is 5.30. The van der Waals surface area contributed by atoms with E-state index in [2.05, 4.69) is 5.10 Å². The Kier molecular flexibility index (Phi) is 6.26. The summed E-state index contributed by atoms with van der Waals surface area (Å²) in [5, 5.41) is 32.3. The van der Waals surface area contributed by atoms with Gasteiger partial charge in [-0.1, -0.05) is 0 Å². The fourth-order valence-corrected chi connectivity index (χ4v) is 2.54. The number of allylic oxidation sites excluding steroid dienone is 1. The van der Waals surface area contributed by atoms with Gasteiger partial charge in [-0.25, -0.2) is 4.68 Å². The Morgan fingerprint density at radius 1 is 1.22 bits per heavy atom. The van der Waals surface area contributed by atoms with Crippen LogP contribution in [-0.4, -0.2) is 42.8 Å². The number of ether oxygens (including phenoxy) is 3. The molecule has 9 heteroatoms. The number of hydrogen-bond acceptors (Lipinski definition) is 8. The first-order chi connectivity index (χ1) is 13.0. The molecule has 0 fully saturated rings. The second kappa shape index (κ2) is 8.61. The summed E-state index contributed by atoms with van der Waals surface area (Å²) < 4.78 is 17.2. The second-order valence-corrected chi connectivity index (χ2v) is 5.30. The molecule has 0 radical (unpaired) electrons. The molecule has 0 aliphatic heterocycles. The highest BCUT2D eigenvalue weighted by atomic mass is 16.5. The molecule has 3 N–H and O–H groups in total. The Bertz CT molecular complexity index is 925. The van der Waals surface area contributed by atoms with E-state index in [9.17, 15) is 10.5 Å². The van der Waals surface area contributed by atoms with Gasteiger partial charge in [0.05, 0.1) is 40.1 Å². The predicted molar refractivity (Wildman–Crippen MR) is 98.0 cm³/mol. The average Bonchev–Trinajstić information content (AvgIpc) is 3.00. The quantitative estimate of drug-likeness (QED) is 0.698. The van der Waals surface area contributed by atoms with Crippen LogP contribution < -0.4 is 19.9 Å². The third kappa shape index (κ3) is 3.78. The number of aromatic nitrogens is 2. The van der Waals surface area contributed by atoms with Crippen molar-refractivity contribution in [1.29, 1.82) is 10.5 Å². The first-order valence-electron chi connectivity index (χ1n) is 7.83. The third-order valence-corrected chi connectivity index (χ3v) is 3.79. The summed E-state index contributed by atoms with van der Waals surface area (Å²) in [4.78, 5) is 0. The molecule has 1 heterocycles. The molecule has 0 amide bonds. The van der Waals surface area contributed by atoms with Crippen molar-refractivity contribution in [3.05, 3.63) is 29.0 Å². The lowest BCUT2D eigenvalue weighted by atomic mass is 10.1. The zero-order valence-corrected chi connectivity index (χ0v) is 15.2. The minimum absolute atomic E-state index is 0.0729. The predicted octanol–water partition coefficient (Wildman–Crippen LogP) is 1.42. The van der Waals surface area contributed by atoms with Crippen LogP contribution in [0.2, 0.25) is 0 Å². The number of rotatable bonds is 7. The zero-order valence-electron chi connectivity index (χ0n) is 15.2. The molecule has 1 aromatic carbocycles. The first kappa shape index (κ1) is 19.6. The Morgan fingerprint density at radius 3 is 2.30 bits per heavy atom. The number of nitrogens with zero attached hydrogens (tertiary/aromatic N) is 4. The number of aliphatic hydroxyl groups is 1. The molecular weight excluding hydrogens is 350 g/mol. The van der Waals surface area contributed by atoms with Crippen LogP contribution in [0, 0.1) is 22.7 Å². The van der Waals surface area contributed by atoms with E-state index >= 15 is 0 Å². The molecule has 0 aliphatic rings. The average molecular weight is 369 g/mol. The van der Waals surface area contributed by atoms with Crippen molar-refractivity contribution in [3.63, 3.8) is 0 Å². The van der Waals surface area contributed by atoms with Crippen LogP contribution in [0.3, 0.4) is 0 Å². The Hall–Kier alpha value is -3.69. The number of anilines is 1. The van der Waals surface area contributed by atoms with Gasteiger partial charge in [0, 0.05) is 0 Å². The number of hydrogen-bond donors (Lipinski definition) is 2. The van der Waals surface area contributed by atoms with Crippen molar-refractivity contribution < 1.29 is 19.3 Å². The van der Waals surface area contributed by atoms with E-state index in [-0.39, 0.29) is 35.8 Å². The zero-order chi connectivity index (χ0) is 20.0. The number of aliphatic hydroxyl groups excluding tert-OH is 1. The topological polar surface area (TPSA) is 139 Å². The Labute approximate surface area is 156 Å². The van der Waals surface area contributed by atoms with Crippen LogP contribution >= 0.6 is 0 Å². The molecule has 0 saturated carbocycles. The normalized spacial score (nSPS) is 10.8. The highest BCUT2D eigenvalue weighted by Gasteiger charge is 2.19. The number of benzene rings is 1. The number of nitrogen functional groups attached to an aromatic ring is 1. The SMILES string of the molecule is COc1cc(/C=C(\C#N)c2nn(CCO)c(N)c2C#N)cc(OC)c1OC. The maximum absolute atomic E-state index is 9.59. The van der Waals surface area contributed by atoms with Gasteiger partial charge in [-0.05, 0) is 23.8 Å². The Balaban J connectivity index is 2.63. The van der Waals surface area contributed by atoms with Crippen molar-refractivity contribution in [2.24, 2.45) is 0 Å². The lowest BCUT2D eigenvalue weighted by molar-refractivity contribution is 0.270. The molecule has 0 saturated heterocycles. The molecule has 0 unspecified atom stereocenters. The fraction of sp³-hybridized carbons (Fsp3) is 0.278. The van der Waals surface area contributed by atoms with E-state index in [0.29, 0.717) is 22.8 Å². The summed E-state index contributed by atoms with van der Waals surface area (Å²) in [5.74, 6) is 1.36. The lowest BCUT2D eigenvalue weighted by Gasteiger charge is -2.13. The number of nitriles is 2. The van der Waals surface area contributed by atoms with E-state index in [1.807, 2.05) is 12.1 Å². The Morgan fingerprint density at radius 2 is 1.85 bits per heavy atom. The molecule has 2 rings (SSSR count). The van der Waals surface area contributed by atoms with Crippen LogP contribution in [0.5, 0.6) is 17.2 Å². The molecule has 0 atom stereocenters. The molecular formula is C18H19N5O4. The fourth-order valence-electron chi connectivity index (χ4n) is 2.54. The lowest BCUT2D eigenvalue weighted by Crippen LogP contribution is -2.07. The van der Waals surface area contributed by atoms with Gasteiger partial charge < -0.3 is 25.1 Å². The van der Waals surface area contributed by atoms with E-state index in [4.69, 9.17) is 25.1 Å². The van der Waals surface area contributed by atoms with Crippen molar-refractivity contribution in [1.82, 2.24) is 9.78 Å². The largest absolute Gasteiger partial charge is 0.493 e. The van der Waals surface area contributed by atoms with E-state index < -0.39 is 0 Å². The van der Waals surface area contributed by atoms with E-state index in [0.717, 1.165) is 0 Å². The summed E-state index contributed by atoms with van der Waals surface area (Å²) in [5.41, 5.74) is 6.81. The van der Waals surface area contributed by atoms with Gasteiger partial charge in [-0.15, -0.1) is 0 Å². The highest BCUT2D eigenvalue weighted by Crippen LogP contribution is 2.39. The van der Waals surface area contributed by atoms with Gasteiger partial charge in [-0.3, -0.25) is 0 Å². The summed E-state index contributed by atoms with van der Waals surface area (Å²) >= 11 is 0. The molecule has 2 aromatic rings. The summed E-state index contributed by atoms with van der Waals surface area (Å²) in [6.07, 6.45) is 1.54. The van der Waals surface area contributed by atoms with Gasteiger partial charge in [0.1, 0.15) is 29.2 Å². The van der Waals surface area contributed by atoms with Crippen molar-refractivity contribution in [3.8, 4) is 29.4 Å². The van der Waals surface area contributed by atoms with Gasteiger partial charge in [0.2, 0.25) is 5.75 Å². The molecule has 0 bridgehead atoms.